The molecule has 0 saturated heterocycles. The van der Waals surface area contributed by atoms with Crippen LogP contribution in [0.4, 0.5) is 15.8 Å². The van der Waals surface area contributed by atoms with Crippen molar-refractivity contribution in [1.29, 1.82) is 0 Å². The number of nitrogen functional groups attached to an aromatic ring is 1. The number of anilines is 2. The zero-order valence-electron chi connectivity index (χ0n) is 15.5. The first-order valence-corrected chi connectivity index (χ1v) is 8.84. The van der Waals surface area contributed by atoms with Crippen molar-refractivity contribution < 1.29 is 13.9 Å². The molecular formula is C22H23FN2O2. The normalized spacial score (nSPS) is 12.0. The van der Waals surface area contributed by atoms with Crippen molar-refractivity contribution in [3.8, 4) is 0 Å². The number of nitrogens with zero attached hydrogens (tertiary/aromatic N) is 1. The molecule has 2 N–H and O–H groups in total. The molecule has 27 heavy (non-hydrogen) atoms. The van der Waals surface area contributed by atoms with E-state index in [0.29, 0.717) is 12.2 Å². The number of carbonyl (C=O) groups excluding carboxylic acids is 1. The van der Waals surface area contributed by atoms with Crippen LogP contribution in [-0.2, 0) is 16.1 Å². The molecular weight excluding hydrogens is 343 g/mol. The molecule has 5 heteroatoms. The third kappa shape index (κ3) is 4.19. The largest absolute Gasteiger partial charge is 0.469 e. The van der Waals surface area contributed by atoms with Gasteiger partial charge in [-0.25, -0.2) is 4.39 Å². The van der Waals surface area contributed by atoms with Gasteiger partial charge in [0, 0.05) is 34.7 Å². The highest BCUT2D eigenvalue weighted by molar-refractivity contribution is 6.01. The fourth-order valence-electron chi connectivity index (χ4n) is 3.30. The number of carbonyl (C=O) groups is 1. The molecule has 1 atom stereocenters. The van der Waals surface area contributed by atoms with E-state index in [1.807, 2.05) is 49.4 Å². The highest BCUT2D eigenvalue weighted by Gasteiger charge is 2.21. The topological polar surface area (TPSA) is 55.6 Å². The maximum atomic E-state index is 13.7. The first kappa shape index (κ1) is 18.7. The molecule has 0 aliphatic heterocycles. The first-order chi connectivity index (χ1) is 13.0. The Labute approximate surface area is 158 Å². The zero-order chi connectivity index (χ0) is 19.4. The summed E-state index contributed by atoms with van der Waals surface area (Å²) in [5.74, 6) is -0.568. The number of nitrogens with two attached hydrogens (primary N) is 1. The number of ether oxygens (including phenoxy) is 1. The predicted molar refractivity (Wildman–Crippen MR) is 107 cm³/mol. The number of esters is 1. The van der Waals surface area contributed by atoms with Crippen LogP contribution in [0, 0.1) is 5.82 Å². The highest BCUT2D eigenvalue weighted by atomic mass is 19.1. The van der Waals surface area contributed by atoms with Gasteiger partial charge in [-0.15, -0.1) is 0 Å². The molecule has 0 aliphatic rings. The summed E-state index contributed by atoms with van der Waals surface area (Å²) in [5.41, 5.74) is 8.60. The second-order valence-electron chi connectivity index (χ2n) is 6.61. The molecule has 3 aromatic carbocycles. The quantitative estimate of drug-likeness (QED) is 0.515. The summed E-state index contributed by atoms with van der Waals surface area (Å²) in [6, 6.07) is 18.0. The summed E-state index contributed by atoms with van der Waals surface area (Å²) in [6.45, 7) is 2.42. The van der Waals surface area contributed by atoms with Crippen molar-refractivity contribution in [2.45, 2.75) is 25.9 Å². The Balaban J connectivity index is 2.06. The van der Waals surface area contributed by atoms with E-state index in [0.717, 1.165) is 22.0 Å². The molecule has 0 heterocycles. The number of benzene rings is 3. The summed E-state index contributed by atoms with van der Waals surface area (Å²) in [5, 5.41) is 1.94. The van der Waals surface area contributed by atoms with Gasteiger partial charge in [-0.2, -0.15) is 0 Å². The summed E-state index contributed by atoms with van der Waals surface area (Å²) >= 11 is 0. The Morgan fingerprint density at radius 3 is 2.56 bits per heavy atom. The number of methoxy groups -OCH3 is 1. The minimum absolute atomic E-state index is 0.146. The molecule has 0 bridgehead atoms. The fraction of sp³-hybridized carbons (Fsp3) is 0.227. The van der Waals surface area contributed by atoms with Crippen LogP contribution in [0.15, 0.2) is 60.7 Å². The summed E-state index contributed by atoms with van der Waals surface area (Å²) < 4.78 is 18.5. The van der Waals surface area contributed by atoms with E-state index in [2.05, 4.69) is 4.90 Å². The minimum atomic E-state index is -0.286. The van der Waals surface area contributed by atoms with Crippen molar-refractivity contribution in [1.82, 2.24) is 0 Å². The monoisotopic (exact) mass is 366 g/mol. The van der Waals surface area contributed by atoms with Crippen LogP contribution < -0.4 is 10.6 Å². The molecule has 3 aromatic rings. The van der Waals surface area contributed by atoms with Crippen LogP contribution in [0.1, 0.15) is 18.9 Å². The van der Waals surface area contributed by atoms with Crippen LogP contribution in [0.25, 0.3) is 10.8 Å². The summed E-state index contributed by atoms with van der Waals surface area (Å²) in [7, 11) is 1.38. The molecule has 0 fully saturated rings. The molecule has 1 unspecified atom stereocenters. The fourth-order valence-corrected chi connectivity index (χ4v) is 3.30. The molecule has 140 valence electrons. The van der Waals surface area contributed by atoms with Crippen LogP contribution >= 0.6 is 0 Å². The highest BCUT2D eigenvalue weighted by Crippen LogP contribution is 2.33. The molecule has 3 rings (SSSR count). The first-order valence-electron chi connectivity index (χ1n) is 8.84. The Hall–Kier alpha value is -3.08. The molecule has 0 amide bonds. The number of hydrogen-bond donors (Lipinski definition) is 1. The van der Waals surface area contributed by atoms with E-state index in [1.165, 1.54) is 19.2 Å². The summed E-state index contributed by atoms with van der Waals surface area (Å²) in [4.78, 5) is 13.9. The van der Waals surface area contributed by atoms with E-state index in [9.17, 15) is 9.18 Å². The van der Waals surface area contributed by atoms with Crippen LogP contribution in [0.5, 0.6) is 0 Å². The van der Waals surface area contributed by atoms with Gasteiger partial charge >= 0.3 is 5.97 Å². The van der Waals surface area contributed by atoms with E-state index in [-0.39, 0.29) is 24.2 Å². The molecule has 4 nitrogen and oxygen atoms in total. The third-order valence-electron chi connectivity index (χ3n) is 4.71. The van der Waals surface area contributed by atoms with Gasteiger partial charge < -0.3 is 15.4 Å². The maximum absolute atomic E-state index is 13.7. The lowest BCUT2D eigenvalue weighted by Gasteiger charge is -2.32. The van der Waals surface area contributed by atoms with Gasteiger partial charge in [0.05, 0.1) is 13.5 Å². The number of hydrogen-bond acceptors (Lipinski definition) is 4. The van der Waals surface area contributed by atoms with Gasteiger partial charge in [0.15, 0.2) is 0 Å². The van der Waals surface area contributed by atoms with Gasteiger partial charge in [-0.3, -0.25) is 4.79 Å². The second kappa shape index (κ2) is 8.08. The lowest BCUT2D eigenvalue weighted by molar-refractivity contribution is -0.140. The van der Waals surface area contributed by atoms with Crippen molar-refractivity contribution in [2.24, 2.45) is 0 Å². The van der Waals surface area contributed by atoms with Crippen LogP contribution in [-0.4, -0.2) is 19.1 Å². The predicted octanol–water partition coefficient (Wildman–Crippen LogP) is 4.52. The minimum Gasteiger partial charge on any atom is -0.469 e. The van der Waals surface area contributed by atoms with E-state index >= 15 is 0 Å². The van der Waals surface area contributed by atoms with Crippen LogP contribution in [0.3, 0.4) is 0 Å². The smallest absolute Gasteiger partial charge is 0.307 e. The Bertz CT molecular complexity index is 958. The molecule has 0 aliphatic carbocycles. The second-order valence-corrected chi connectivity index (χ2v) is 6.61. The zero-order valence-corrected chi connectivity index (χ0v) is 15.5. The maximum Gasteiger partial charge on any atom is 0.307 e. The third-order valence-corrected chi connectivity index (χ3v) is 4.71. The van der Waals surface area contributed by atoms with E-state index in [1.54, 1.807) is 6.07 Å². The lowest BCUT2D eigenvalue weighted by atomic mass is 10.0. The van der Waals surface area contributed by atoms with Gasteiger partial charge in [-0.05, 0) is 36.8 Å². The van der Waals surface area contributed by atoms with Gasteiger partial charge in [-0.1, -0.05) is 36.4 Å². The Morgan fingerprint density at radius 2 is 1.85 bits per heavy atom. The van der Waals surface area contributed by atoms with Crippen molar-refractivity contribution in [3.63, 3.8) is 0 Å². The van der Waals surface area contributed by atoms with Crippen LogP contribution in [0.2, 0.25) is 0 Å². The Kier molecular flexibility index (Phi) is 5.60. The van der Waals surface area contributed by atoms with Crippen molar-refractivity contribution >= 4 is 28.1 Å². The van der Waals surface area contributed by atoms with Gasteiger partial charge in [0.2, 0.25) is 0 Å². The molecule has 0 saturated carbocycles. The number of fused-ring (bicyclic) bond motifs is 1. The number of rotatable bonds is 6. The molecule has 0 radical (unpaired) electrons. The standard InChI is InChI=1S/C22H23FN2O2/c1-15(12-22(26)27-2)25(14-16-6-5-7-17(23)13-16)21-11-10-20(24)18-8-3-4-9-19(18)21/h3-11,13,15H,12,14,24H2,1-2H3. The van der Waals surface area contributed by atoms with E-state index in [4.69, 9.17) is 10.5 Å². The average molecular weight is 366 g/mol. The van der Waals surface area contributed by atoms with Gasteiger partial charge in [0.25, 0.3) is 0 Å². The SMILES string of the molecule is COC(=O)CC(C)N(Cc1cccc(F)c1)c1ccc(N)c2ccccc12. The average Bonchev–Trinajstić information content (AvgIpc) is 2.67. The van der Waals surface area contributed by atoms with Crippen molar-refractivity contribution in [3.05, 3.63) is 72.0 Å². The molecule has 0 spiro atoms. The number of halogens is 1. The lowest BCUT2D eigenvalue weighted by Crippen LogP contribution is -2.34. The Morgan fingerprint density at radius 1 is 1.11 bits per heavy atom. The van der Waals surface area contributed by atoms with Crippen molar-refractivity contribution in [2.75, 3.05) is 17.7 Å². The molecule has 0 aromatic heterocycles. The van der Waals surface area contributed by atoms with E-state index < -0.39 is 0 Å². The summed E-state index contributed by atoms with van der Waals surface area (Å²) in [6.07, 6.45) is 0.227. The van der Waals surface area contributed by atoms with Gasteiger partial charge in [0.1, 0.15) is 5.82 Å².